The molecule has 1 aliphatic rings. The quantitative estimate of drug-likeness (QED) is 0.0646. The number of hydrogen-bond acceptors (Lipinski definition) is 5. The van der Waals surface area contributed by atoms with Gasteiger partial charge in [0.15, 0.2) is 5.78 Å². The van der Waals surface area contributed by atoms with Gasteiger partial charge in [0, 0.05) is 41.8 Å². The highest BCUT2D eigenvalue weighted by molar-refractivity contribution is 5.97. The minimum Gasteiger partial charge on any atom is -0.500 e. The fourth-order valence-corrected chi connectivity index (χ4v) is 5.67. The first-order valence-electron chi connectivity index (χ1n) is 15.8. The molecule has 0 spiro atoms. The molecule has 232 valence electrons. The van der Waals surface area contributed by atoms with Crippen molar-refractivity contribution < 1.29 is 19.1 Å². The van der Waals surface area contributed by atoms with Crippen molar-refractivity contribution in [3.8, 4) is 0 Å². The van der Waals surface area contributed by atoms with Gasteiger partial charge in [0.05, 0.1) is 20.1 Å². The van der Waals surface area contributed by atoms with E-state index in [1.165, 1.54) is 5.56 Å². The third kappa shape index (κ3) is 11.7. The summed E-state index contributed by atoms with van der Waals surface area (Å²) < 4.78 is 10.8. The minimum absolute atomic E-state index is 0.0428. The number of unbranched alkanes of at least 4 members (excludes halogenated alkanes) is 2. The molecule has 0 amide bonds. The molecule has 0 radical (unpaired) electrons. The molecule has 0 heterocycles. The fourth-order valence-electron chi connectivity index (χ4n) is 5.67. The molecule has 0 aliphatic heterocycles. The van der Waals surface area contributed by atoms with Gasteiger partial charge >= 0.3 is 0 Å². The van der Waals surface area contributed by atoms with Gasteiger partial charge in [0.2, 0.25) is 0 Å². The van der Waals surface area contributed by atoms with Crippen LogP contribution in [0.4, 0.5) is 0 Å². The Kier molecular flexibility index (Phi) is 15.4. The molecular formula is C37H55NO4. The van der Waals surface area contributed by atoms with E-state index in [1.807, 2.05) is 33.0 Å². The molecule has 1 N–H and O–H groups in total. The van der Waals surface area contributed by atoms with Crippen LogP contribution < -0.4 is 5.32 Å². The van der Waals surface area contributed by atoms with E-state index in [0.717, 1.165) is 69.1 Å². The van der Waals surface area contributed by atoms with Crippen LogP contribution in [-0.2, 0) is 25.5 Å². The van der Waals surface area contributed by atoms with E-state index in [0.29, 0.717) is 23.9 Å². The number of methoxy groups -OCH3 is 2. The zero-order valence-electron chi connectivity index (χ0n) is 27.0. The Morgan fingerprint density at radius 3 is 2.29 bits per heavy atom. The predicted molar refractivity (Wildman–Crippen MR) is 173 cm³/mol. The number of Topliss-reactive ketones (excluding diaryl/α,β-unsaturated/α-hetero) is 2. The highest BCUT2D eigenvalue weighted by Crippen LogP contribution is 2.41. The zero-order chi connectivity index (χ0) is 31.1. The summed E-state index contributed by atoms with van der Waals surface area (Å²) in [6, 6.07) is 10.6. The Hall–Kier alpha value is -3.08. The lowest BCUT2D eigenvalue weighted by Crippen LogP contribution is -2.28. The predicted octanol–water partition coefficient (Wildman–Crippen LogP) is 8.73. The van der Waals surface area contributed by atoms with Gasteiger partial charge in [-0.1, -0.05) is 83.5 Å². The maximum absolute atomic E-state index is 13.6. The second-order valence-corrected chi connectivity index (χ2v) is 12.2. The molecule has 1 aliphatic carbocycles. The molecule has 1 fully saturated rings. The van der Waals surface area contributed by atoms with Crippen molar-refractivity contribution in [2.45, 2.75) is 91.9 Å². The Morgan fingerprint density at radius 2 is 1.71 bits per heavy atom. The van der Waals surface area contributed by atoms with Gasteiger partial charge < -0.3 is 14.8 Å². The first kappa shape index (κ1) is 35.1. The van der Waals surface area contributed by atoms with Crippen LogP contribution in [-0.4, -0.2) is 25.8 Å². The standard InChI is InChI=1S/C37H55NO4/c1-9-10-19-32(24-34(39)36(26(2)3)35(42-8)23-28(5)41-7)29(6)38-25-27(4)37(40)33(31-21-22-31)20-15-14-18-30-16-12-11-13-17-30/h11-13,16-17,23,25-26,31-33,36,38H,5-6,9-10,14-15,18-22,24H2,1-4,7-8H3/b27-25+,35-23-. The number of ether oxygens (including phenoxy) is 2. The normalized spacial score (nSPS) is 16.0. The largest absolute Gasteiger partial charge is 0.500 e. The number of ketones is 2. The van der Waals surface area contributed by atoms with Gasteiger partial charge in [-0.2, -0.15) is 0 Å². The van der Waals surface area contributed by atoms with E-state index in [4.69, 9.17) is 9.47 Å². The van der Waals surface area contributed by atoms with Gasteiger partial charge in [-0.15, -0.1) is 0 Å². The van der Waals surface area contributed by atoms with Gasteiger partial charge in [-0.25, -0.2) is 0 Å². The van der Waals surface area contributed by atoms with E-state index in [2.05, 4.69) is 49.7 Å². The van der Waals surface area contributed by atoms with Crippen molar-refractivity contribution >= 4 is 11.6 Å². The van der Waals surface area contributed by atoms with Crippen molar-refractivity contribution in [2.24, 2.45) is 29.6 Å². The van der Waals surface area contributed by atoms with Gasteiger partial charge in [-0.3, -0.25) is 9.59 Å². The summed E-state index contributed by atoms with van der Waals surface area (Å²) in [6.07, 6.45) is 13.2. The van der Waals surface area contributed by atoms with E-state index < -0.39 is 5.92 Å². The second kappa shape index (κ2) is 18.5. The lowest BCUT2D eigenvalue weighted by Gasteiger charge is -2.26. The SMILES string of the molecule is C=C(/C=C(\OC)C(C(=O)CC(CCCC)C(=C)N/C=C(\C)C(=O)C(CCCCc1ccccc1)C1CC1)C(C)C)OC. The van der Waals surface area contributed by atoms with Crippen molar-refractivity contribution in [3.63, 3.8) is 0 Å². The average molecular weight is 578 g/mol. The number of allylic oxidation sites excluding steroid dienone is 4. The van der Waals surface area contributed by atoms with Crippen LogP contribution in [0.2, 0.25) is 0 Å². The lowest BCUT2D eigenvalue weighted by atomic mass is 9.82. The Bertz CT molecular complexity index is 1080. The summed E-state index contributed by atoms with van der Waals surface area (Å²) in [5, 5.41) is 3.32. The monoisotopic (exact) mass is 577 g/mol. The number of rotatable bonds is 22. The summed E-state index contributed by atoms with van der Waals surface area (Å²) >= 11 is 0. The van der Waals surface area contributed by atoms with Gasteiger partial charge in [0.1, 0.15) is 17.3 Å². The zero-order valence-corrected chi connectivity index (χ0v) is 27.0. The average Bonchev–Trinajstić information content (AvgIpc) is 3.82. The second-order valence-electron chi connectivity index (χ2n) is 12.2. The molecule has 0 saturated heterocycles. The van der Waals surface area contributed by atoms with Crippen LogP contribution in [0.1, 0.15) is 91.0 Å². The molecular weight excluding hydrogens is 522 g/mol. The molecule has 1 saturated carbocycles. The molecule has 5 nitrogen and oxygen atoms in total. The number of aryl methyl sites for hydroxylation is 1. The molecule has 42 heavy (non-hydrogen) atoms. The maximum Gasteiger partial charge on any atom is 0.163 e. The van der Waals surface area contributed by atoms with E-state index >= 15 is 0 Å². The van der Waals surface area contributed by atoms with Crippen molar-refractivity contribution in [2.75, 3.05) is 14.2 Å². The van der Waals surface area contributed by atoms with Crippen LogP contribution in [0.15, 0.2) is 78.6 Å². The van der Waals surface area contributed by atoms with Crippen LogP contribution >= 0.6 is 0 Å². The first-order valence-corrected chi connectivity index (χ1v) is 15.8. The van der Waals surface area contributed by atoms with E-state index in [-0.39, 0.29) is 29.3 Å². The molecule has 5 heteroatoms. The Morgan fingerprint density at radius 1 is 1.02 bits per heavy atom. The maximum atomic E-state index is 13.6. The van der Waals surface area contributed by atoms with Gasteiger partial charge in [0.25, 0.3) is 0 Å². The van der Waals surface area contributed by atoms with Crippen LogP contribution in [0.25, 0.3) is 0 Å². The molecule has 1 aromatic carbocycles. The van der Waals surface area contributed by atoms with Crippen LogP contribution in [0.3, 0.4) is 0 Å². The van der Waals surface area contributed by atoms with Crippen molar-refractivity contribution in [3.05, 3.63) is 84.1 Å². The smallest absolute Gasteiger partial charge is 0.163 e. The summed E-state index contributed by atoms with van der Waals surface area (Å²) in [5.41, 5.74) is 2.87. The minimum atomic E-state index is -0.404. The third-order valence-corrected chi connectivity index (χ3v) is 8.43. The van der Waals surface area contributed by atoms with Crippen LogP contribution in [0.5, 0.6) is 0 Å². The summed E-state index contributed by atoms with van der Waals surface area (Å²) in [5.74, 6) is 1.57. The Balaban J connectivity index is 2.04. The molecule has 3 atom stereocenters. The van der Waals surface area contributed by atoms with Crippen molar-refractivity contribution in [1.29, 1.82) is 0 Å². The number of carbonyl (C=O) groups is 2. The molecule has 0 aromatic heterocycles. The number of nitrogens with one attached hydrogen (secondary N) is 1. The number of hydrogen-bond donors (Lipinski definition) is 1. The Labute approximate surface area is 255 Å². The summed E-state index contributed by atoms with van der Waals surface area (Å²) in [6.45, 7) is 16.3. The summed E-state index contributed by atoms with van der Waals surface area (Å²) in [7, 11) is 3.13. The topological polar surface area (TPSA) is 64.6 Å². The molecule has 2 rings (SSSR count). The van der Waals surface area contributed by atoms with Gasteiger partial charge in [-0.05, 0) is 62.8 Å². The van der Waals surface area contributed by atoms with Crippen molar-refractivity contribution in [1.82, 2.24) is 5.32 Å². The molecule has 0 bridgehead atoms. The molecule has 1 aromatic rings. The van der Waals surface area contributed by atoms with E-state index in [9.17, 15) is 9.59 Å². The fraction of sp³-hybridized carbons (Fsp3) is 0.568. The van der Waals surface area contributed by atoms with E-state index in [1.54, 1.807) is 20.3 Å². The number of benzene rings is 1. The lowest BCUT2D eigenvalue weighted by molar-refractivity contribution is -0.125. The van der Waals surface area contributed by atoms with Crippen LogP contribution in [0, 0.1) is 29.6 Å². The third-order valence-electron chi connectivity index (χ3n) is 8.43. The highest BCUT2D eigenvalue weighted by atomic mass is 16.5. The first-order chi connectivity index (χ1) is 20.1. The highest BCUT2D eigenvalue weighted by Gasteiger charge is 2.36. The molecule has 3 unspecified atom stereocenters. The number of carbonyl (C=O) groups excluding carboxylic acids is 2. The summed E-state index contributed by atoms with van der Waals surface area (Å²) in [4.78, 5) is 27.1.